The molecule has 0 heterocycles. The van der Waals surface area contributed by atoms with Gasteiger partial charge in [0.1, 0.15) is 5.75 Å². The number of phenols is 1. The third-order valence-corrected chi connectivity index (χ3v) is 2.04. The lowest BCUT2D eigenvalue weighted by Gasteiger charge is -2.08. The van der Waals surface area contributed by atoms with Gasteiger partial charge in [-0.3, -0.25) is 0 Å². The standard InChI is InChI=1S/C8H8ClFO3/c1-13-6-2-5(12)7(9)4(3-11)8(6)10/h2,11-12H,3H2,1H3. The van der Waals surface area contributed by atoms with Gasteiger partial charge >= 0.3 is 0 Å². The van der Waals surface area contributed by atoms with Gasteiger partial charge in [0.15, 0.2) is 11.6 Å². The zero-order valence-electron chi connectivity index (χ0n) is 6.84. The summed E-state index contributed by atoms with van der Waals surface area (Å²) in [6, 6.07) is 1.05. The molecule has 0 aliphatic carbocycles. The van der Waals surface area contributed by atoms with Crippen LogP contribution in [0.3, 0.4) is 0 Å². The molecule has 0 unspecified atom stereocenters. The lowest BCUT2D eigenvalue weighted by atomic mass is 10.2. The van der Waals surface area contributed by atoms with Crippen LogP contribution in [0.5, 0.6) is 11.5 Å². The van der Waals surface area contributed by atoms with Crippen molar-refractivity contribution in [2.45, 2.75) is 6.61 Å². The Bertz CT molecular complexity index is 328. The van der Waals surface area contributed by atoms with E-state index in [-0.39, 0.29) is 22.1 Å². The van der Waals surface area contributed by atoms with Crippen LogP contribution in [0.15, 0.2) is 6.07 Å². The molecule has 0 aliphatic rings. The van der Waals surface area contributed by atoms with Gasteiger partial charge in [0.25, 0.3) is 0 Å². The molecule has 0 saturated carbocycles. The fourth-order valence-corrected chi connectivity index (χ4v) is 1.14. The second-order valence-corrected chi connectivity index (χ2v) is 2.74. The van der Waals surface area contributed by atoms with Gasteiger partial charge in [-0.2, -0.15) is 0 Å². The maximum atomic E-state index is 13.2. The quantitative estimate of drug-likeness (QED) is 0.774. The molecule has 3 nitrogen and oxygen atoms in total. The summed E-state index contributed by atoms with van der Waals surface area (Å²) in [4.78, 5) is 0. The molecule has 13 heavy (non-hydrogen) atoms. The molecule has 5 heteroatoms. The number of methoxy groups -OCH3 is 1. The van der Waals surface area contributed by atoms with Gasteiger partial charge in [0.05, 0.1) is 18.7 Å². The van der Waals surface area contributed by atoms with Gasteiger partial charge in [-0.05, 0) is 0 Å². The first kappa shape index (κ1) is 10.1. The molecular formula is C8H8ClFO3. The number of rotatable bonds is 2. The van der Waals surface area contributed by atoms with E-state index in [0.717, 1.165) is 6.07 Å². The predicted octanol–water partition coefficient (Wildman–Crippen LogP) is 1.69. The van der Waals surface area contributed by atoms with Crippen molar-refractivity contribution < 1.29 is 19.3 Å². The second-order valence-electron chi connectivity index (χ2n) is 2.36. The molecule has 0 aliphatic heterocycles. The highest BCUT2D eigenvalue weighted by Crippen LogP contribution is 2.35. The van der Waals surface area contributed by atoms with Crippen molar-refractivity contribution in [1.29, 1.82) is 0 Å². The van der Waals surface area contributed by atoms with E-state index in [9.17, 15) is 9.50 Å². The summed E-state index contributed by atoms with van der Waals surface area (Å²) in [5.41, 5.74) is -0.168. The molecule has 0 amide bonds. The number of aliphatic hydroxyl groups is 1. The summed E-state index contributed by atoms with van der Waals surface area (Å²) < 4.78 is 17.9. The van der Waals surface area contributed by atoms with Crippen molar-refractivity contribution in [2.75, 3.05) is 7.11 Å². The van der Waals surface area contributed by atoms with Crippen LogP contribution < -0.4 is 4.74 Å². The number of phenolic OH excluding ortho intramolecular Hbond substituents is 1. The first-order valence-corrected chi connectivity index (χ1v) is 3.84. The Balaban J connectivity index is 3.39. The highest BCUT2D eigenvalue weighted by Gasteiger charge is 2.16. The summed E-state index contributed by atoms with van der Waals surface area (Å²) in [7, 11) is 1.26. The van der Waals surface area contributed by atoms with Crippen LogP contribution in [0.25, 0.3) is 0 Å². The Morgan fingerprint density at radius 1 is 1.62 bits per heavy atom. The maximum Gasteiger partial charge on any atom is 0.172 e. The summed E-state index contributed by atoms with van der Waals surface area (Å²) in [6.45, 7) is -0.588. The van der Waals surface area contributed by atoms with Crippen LogP contribution >= 0.6 is 11.6 Å². The Labute approximate surface area is 79.3 Å². The average Bonchev–Trinajstić information content (AvgIpc) is 2.12. The number of halogens is 2. The number of hydrogen-bond acceptors (Lipinski definition) is 3. The van der Waals surface area contributed by atoms with E-state index in [1.807, 2.05) is 0 Å². The summed E-state index contributed by atoms with van der Waals surface area (Å²) >= 11 is 5.52. The first-order chi connectivity index (χ1) is 6.11. The molecule has 1 aromatic carbocycles. The van der Waals surface area contributed by atoms with Crippen molar-refractivity contribution in [2.24, 2.45) is 0 Å². The minimum absolute atomic E-state index is 0.147. The summed E-state index contributed by atoms with van der Waals surface area (Å²) in [5.74, 6) is -1.22. The number of aromatic hydroxyl groups is 1. The number of aliphatic hydroxyl groups excluding tert-OH is 1. The summed E-state index contributed by atoms with van der Waals surface area (Å²) in [6.07, 6.45) is 0. The molecule has 0 fully saturated rings. The molecule has 0 spiro atoms. The van der Waals surface area contributed by atoms with E-state index in [1.165, 1.54) is 7.11 Å². The molecule has 0 aromatic heterocycles. The van der Waals surface area contributed by atoms with Gasteiger partial charge in [0.2, 0.25) is 0 Å². The van der Waals surface area contributed by atoms with E-state index in [2.05, 4.69) is 4.74 Å². The van der Waals surface area contributed by atoms with Crippen molar-refractivity contribution in [1.82, 2.24) is 0 Å². The number of ether oxygens (including phenoxy) is 1. The molecule has 0 radical (unpaired) electrons. The molecule has 0 saturated heterocycles. The second kappa shape index (κ2) is 3.81. The minimum atomic E-state index is -0.757. The van der Waals surface area contributed by atoms with Crippen molar-refractivity contribution >= 4 is 11.6 Å². The monoisotopic (exact) mass is 206 g/mol. The third-order valence-electron chi connectivity index (χ3n) is 1.62. The van der Waals surface area contributed by atoms with Gasteiger partial charge in [-0.25, -0.2) is 4.39 Å². The molecule has 1 aromatic rings. The van der Waals surface area contributed by atoms with E-state index in [1.54, 1.807) is 0 Å². The van der Waals surface area contributed by atoms with Crippen LogP contribution in [-0.2, 0) is 6.61 Å². The van der Waals surface area contributed by atoms with Crippen molar-refractivity contribution in [3.05, 3.63) is 22.5 Å². The molecule has 1 rings (SSSR count). The topological polar surface area (TPSA) is 49.7 Å². The van der Waals surface area contributed by atoms with E-state index in [4.69, 9.17) is 16.7 Å². The lowest BCUT2D eigenvalue weighted by Crippen LogP contribution is -1.96. The van der Waals surface area contributed by atoms with Crippen LogP contribution in [-0.4, -0.2) is 17.3 Å². The van der Waals surface area contributed by atoms with Gasteiger partial charge in [-0.1, -0.05) is 11.6 Å². The van der Waals surface area contributed by atoms with Crippen LogP contribution in [0, 0.1) is 5.82 Å². The number of benzene rings is 1. The van der Waals surface area contributed by atoms with Crippen molar-refractivity contribution in [3.63, 3.8) is 0 Å². The zero-order chi connectivity index (χ0) is 10.0. The Morgan fingerprint density at radius 2 is 2.23 bits per heavy atom. The first-order valence-electron chi connectivity index (χ1n) is 3.46. The van der Waals surface area contributed by atoms with Crippen molar-refractivity contribution in [3.8, 4) is 11.5 Å². The van der Waals surface area contributed by atoms with Crippen LogP contribution in [0.2, 0.25) is 5.02 Å². The largest absolute Gasteiger partial charge is 0.506 e. The Kier molecular flexibility index (Phi) is 2.95. The molecular weight excluding hydrogens is 199 g/mol. The predicted molar refractivity (Wildman–Crippen MR) is 45.5 cm³/mol. The molecule has 0 atom stereocenters. The molecule has 0 bridgehead atoms. The fraction of sp³-hybridized carbons (Fsp3) is 0.250. The SMILES string of the molecule is COc1cc(O)c(Cl)c(CO)c1F. The Morgan fingerprint density at radius 3 is 2.69 bits per heavy atom. The average molecular weight is 207 g/mol. The van der Waals surface area contributed by atoms with Crippen LogP contribution in [0.4, 0.5) is 4.39 Å². The normalized spacial score (nSPS) is 10.2. The van der Waals surface area contributed by atoms with E-state index >= 15 is 0 Å². The molecule has 72 valence electrons. The highest BCUT2D eigenvalue weighted by molar-refractivity contribution is 6.32. The fourth-order valence-electron chi connectivity index (χ4n) is 0.938. The van der Waals surface area contributed by atoms with Crippen LogP contribution in [0.1, 0.15) is 5.56 Å². The van der Waals surface area contributed by atoms with Gasteiger partial charge in [-0.15, -0.1) is 0 Å². The minimum Gasteiger partial charge on any atom is -0.506 e. The Hall–Kier alpha value is -1.00. The number of hydrogen-bond donors (Lipinski definition) is 2. The molecule has 2 N–H and O–H groups in total. The van der Waals surface area contributed by atoms with E-state index in [0.29, 0.717) is 0 Å². The third kappa shape index (κ3) is 1.68. The smallest absolute Gasteiger partial charge is 0.172 e. The summed E-state index contributed by atoms with van der Waals surface area (Å²) in [5, 5.41) is 17.7. The van der Waals surface area contributed by atoms with Gasteiger partial charge < -0.3 is 14.9 Å². The lowest BCUT2D eigenvalue weighted by molar-refractivity contribution is 0.271. The highest BCUT2D eigenvalue weighted by atomic mass is 35.5. The van der Waals surface area contributed by atoms with E-state index < -0.39 is 12.4 Å². The zero-order valence-corrected chi connectivity index (χ0v) is 7.60. The maximum absolute atomic E-state index is 13.2. The van der Waals surface area contributed by atoms with Gasteiger partial charge in [0, 0.05) is 11.6 Å².